The van der Waals surface area contributed by atoms with E-state index in [-0.39, 0.29) is 18.1 Å². The number of nitrogens with one attached hydrogen (secondary N) is 2. The zero-order valence-corrected chi connectivity index (χ0v) is 17.9. The van der Waals surface area contributed by atoms with Gasteiger partial charge in [-0.1, -0.05) is 24.3 Å². The van der Waals surface area contributed by atoms with Gasteiger partial charge in [-0.25, -0.2) is 0 Å². The third-order valence-corrected chi connectivity index (χ3v) is 4.85. The Morgan fingerprint density at radius 1 is 0.968 bits per heavy atom. The summed E-state index contributed by atoms with van der Waals surface area (Å²) < 4.78 is 11.0. The van der Waals surface area contributed by atoms with Gasteiger partial charge in [-0.15, -0.1) is 0 Å². The van der Waals surface area contributed by atoms with Crippen molar-refractivity contribution in [2.45, 2.75) is 20.8 Å². The largest absolute Gasteiger partial charge is 0.492 e. The minimum Gasteiger partial charge on any atom is -0.492 e. The molecule has 0 atom stereocenters. The summed E-state index contributed by atoms with van der Waals surface area (Å²) in [6, 6.07) is 16.5. The molecule has 0 spiro atoms. The second-order valence-corrected chi connectivity index (χ2v) is 7.19. The van der Waals surface area contributed by atoms with Crippen LogP contribution in [-0.4, -0.2) is 25.0 Å². The third-order valence-electron chi connectivity index (χ3n) is 4.85. The number of hydrogen-bond donors (Lipinski definition) is 2. The molecule has 6 heteroatoms. The quantitative estimate of drug-likeness (QED) is 0.425. The molecule has 2 aromatic carbocycles. The van der Waals surface area contributed by atoms with E-state index < -0.39 is 5.91 Å². The predicted octanol–water partition coefficient (Wildman–Crippen LogP) is 4.17. The average Bonchev–Trinajstić information content (AvgIpc) is 3.26. The van der Waals surface area contributed by atoms with Crippen LogP contribution in [0.15, 0.2) is 71.0 Å². The fourth-order valence-corrected chi connectivity index (χ4v) is 2.92. The molecular formula is C25H26N2O4. The summed E-state index contributed by atoms with van der Waals surface area (Å²) >= 11 is 0. The molecule has 160 valence electrons. The van der Waals surface area contributed by atoms with Crippen LogP contribution in [0, 0.1) is 20.8 Å². The summed E-state index contributed by atoms with van der Waals surface area (Å²) in [5, 5.41) is 5.47. The Hall–Kier alpha value is -3.80. The van der Waals surface area contributed by atoms with E-state index >= 15 is 0 Å². The molecule has 31 heavy (non-hydrogen) atoms. The molecule has 3 rings (SSSR count). The van der Waals surface area contributed by atoms with E-state index in [1.165, 1.54) is 17.9 Å². The van der Waals surface area contributed by atoms with Gasteiger partial charge in [0.15, 0.2) is 0 Å². The van der Waals surface area contributed by atoms with Crippen LogP contribution in [0.25, 0.3) is 6.08 Å². The van der Waals surface area contributed by atoms with E-state index in [4.69, 9.17) is 9.15 Å². The second kappa shape index (κ2) is 10.3. The van der Waals surface area contributed by atoms with Crippen molar-refractivity contribution < 1.29 is 18.7 Å². The zero-order chi connectivity index (χ0) is 22.2. The van der Waals surface area contributed by atoms with E-state index in [9.17, 15) is 9.59 Å². The first-order valence-corrected chi connectivity index (χ1v) is 10.0. The molecule has 6 nitrogen and oxygen atoms in total. The van der Waals surface area contributed by atoms with E-state index in [2.05, 4.69) is 10.6 Å². The van der Waals surface area contributed by atoms with Gasteiger partial charge in [-0.05, 0) is 67.8 Å². The van der Waals surface area contributed by atoms with Crippen molar-refractivity contribution in [3.05, 3.63) is 94.6 Å². The number of ether oxygens (including phenoxy) is 1. The van der Waals surface area contributed by atoms with Crippen molar-refractivity contribution in [1.29, 1.82) is 0 Å². The number of benzene rings is 2. The maximum atomic E-state index is 12.7. The van der Waals surface area contributed by atoms with Crippen molar-refractivity contribution in [1.82, 2.24) is 10.6 Å². The van der Waals surface area contributed by atoms with Crippen molar-refractivity contribution in [3.8, 4) is 5.75 Å². The van der Waals surface area contributed by atoms with Crippen LogP contribution < -0.4 is 15.4 Å². The molecule has 0 radical (unpaired) electrons. The highest BCUT2D eigenvalue weighted by Crippen LogP contribution is 2.16. The fourth-order valence-electron chi connectivity index (χ4n) is 2.92. The maximum absolute atomic E-state index is 12.7. The zero-order valence-electron chi connectivity index (χ0n) is 17.9. The normalized spacial score (nSPS) is 11.1. The lowest BCUT2D eigenvalue weighted by Gasteiger charge is -2.13. The molecule has 0 fully saturated rings. The Morgan fingerprint density at radius 2 is 1.77 bits per heavy atom. The van der Waals surface area contributed by atoms with E-state index in [1.807, 2.05) is 51.1 Å². The van der Waals surface area contributed by atoms with Gasteiger partial charge in [0.2, 0.25) is 0 Å². The van der Waals surface area contributed by atoms with Gasteiger partial charge in [0.25, 0.3) is 11.8 Å². The highest BCUT2D eigenvalue weighted by molar-refractivity contribution is 6.05. The van der Waals surface area contributed by atoms with E-state index in [0.29, 0.717) is 17.9 Å². The Balaban J connectivity index is 1.63. The second-order valence-electron chi connectivity index (χ2n) is 7.19. The van der Waals surface area contributed by atoms with Gasteiger partial charge in [0, 0.05) is 11.6 Å². The highest BCUT2D eigenvalue weighted by atomic mass is 16.5. The van der Waals surface area contributed by atoms with Crippen LogP contribution in [0.4, 0.5) is 0 Å². The summed E-state index contributed by atoms with van der Waals surface area (Å²) in [6.45, 7) is 6.48. The smallest absolute Gasteiger partial charge is 0.268 e. The Morgan fingerprint density at radius 3 is 2.48 bits per heavy atom. The predicted molar refractivity (Wildman–Crippen MR) is 120 cm³/mol. The Bertz CT molecular complexity index is 1080. The summed E-state index contributed by atoms with van der Waals surface area (Å²) in [7, 11) is 0. The van der Waals surface area contributed by atoms with Crippen LogP contribution in [0.1, 0.15) is 32.8 Å². The molecule has 0 bridgehead atoms. The summed E-state index contributed by atoms with van der Waals surface area (Å²) in [6.07, 6.45) is 3.00. The molecule has 0 saturated heterocycles. The fraction of sp³-hybridized carbons (Fsp3) is 0.200. The minimum atomic E-state index is -0.429. The molecule has 0 saturated carbocycles. The lowest BCUT2D eigenvalue weighted by atomic mass is 10.1. The van der Waals surface area contributed by atoms with Crippen LogP contribution in [0.3, 0.4) is 0 Å². The average molecular weight is 418 g/mol. The first kappa shape index (κ1) is 21.9. The lowest BCUT2D eigenvalue weighted by Crippen LogP contribution is -2.36. The number of carbonyl (C=O) groups excluding carboxylic acids is 2. The van der Waals surface area contributed by atoms with Crippen LogP contribution >= 0.6 is 0 Å². The molecule has 1 aromatic heterocycles. The summed E-state index contributed by atoms with van der Waals surface area (Å²) in [5.74, 6) is 0.414. The monoisotopic (exact) mass is 418 g/mol. The van der Waals surface area contributed by atoms with Gasteiger partial charge in [0.05, 0.1) is 12.8 Å². The van der Waals surface area contributed by atoms with Crippen molar-refractivity contribution in [2.24, 2.45) is 0 Å². The standard InChI is InChI=1S/C25H26N2O4/c1-17-10-11-21(15-19(17)3)31-14-12-26-25(29)23(16-20-8-6-13-30-20)27-24(28)22-9-5-4-7-18(22)2/h4-11,13,15-16H,12,14H2,1-3H3,(H,26,29)(H,27,28)/b23-16-. The number of carbonyl (C=O) groups is 2. The Kier molecular flexibility index (Phi) is 7.27. The lowest BCUT2D eigenvalue weighted by molar-refractivity contribution is -0.117. The van der Waals surface area contributed by atoms with Crippen molar-refractivity contribution in [3.63, 3.8) is 0 Å². The van der Waals surface area contributed by atoms with Gasteiger partial charge in [-0.3, -0.25) is 9.59 Å². The molecule has 0 aliphatic heterocycles. The molecule has 0 aliphatic rings. The van der Waals surface area contributed by atoms with Crippen LogP contribution in [0.5, 0.6) is 5.75 Å². The van der Waals surface area contributed by atoms with Crippen LogP contribution in [0.2, 0.25) is 0 Å². The third kappa shape index (κ3) is 6.09. The molecule has 0 unspecified atom stereocenters. The molecule has 1 heterocycles. The first-order chi connectivity index (χ1) is 14.9. The molecular weight excluding hydrogens is 392 g/mol. The topological polar surface area (TPSA) is 80.6 Å². The van der Waals surface area contributed by atoms with Gasteiger partial charge in [-0.2, -0.15) is 0 Å². The SMILES string of the molecule is Cc1ccc(OCCNC(=O)/C(=C/c2ccco2)NC(=O)c2ccccc2C)cc1C. The van der Waals surface area contributed by atoms with Gasteiger partial charge in [0.1, 0.15) is 23.8 Å². The van der Waals surface area contributed by atoms with E-state index in [0.717, 1.165) is 16.9 Å². The molecule has 3 aromatic rings. The molecule has 0 aliphatic carbocycles. The van der Waals surface area contributed by atoms with E-state index in [1.54, 1.807) is 24.3 Å². The minimum absolute atomic E-state index is 0.0920. The highest BCUT2D eigenvalue weighted by Gasteiger charge is 2.16. The number of rotatable bonds is 8. The summed E-state index contributed by atoms with van der Waals surface area (Å²) in [5.41, 5.74) is 3.74. The number of amides is 2. The van der Waals surface area contributed by atoms with Gasteiger partial charge < -0.3 is 19.8 Å². The van der Waals surface area contributed by atoms with Crippen LogP contribution in [-0.2, 0) is 4.79 Å². The Labute approximate surface area is 181 Å². The summed E-state index contributed by atoms with van der Waals surface area (Å²) in [4.78, 5) is 25.4. The number of hydrogen-bond acceptors (Lipinski definition) is 4. The maximum Gasteiger partial charge on any atom is 0.268 e. The van der Waals surface area contributed by atoms with Crippen molar-refractivity contribution in [2.75, 3.05) is 13.2 Å². The number of aryl methyl sites for hydroxylation is 3. The molecule has 2 amide bonds. The van der Waals surface area contributed by atoms with Crippen molar-refractivity contribution >= 4 is 17.9 Å². The van der Waals surface area contributed by atoms with Gasteiger partial charge >= 0.3 is 0 Å². The number of furan rings is 1. The first-order valence-electron chi connectivity index (χ1n) is 10.0. The molecule has 2 N–H and O–H groups in total.